The molecule has 122 valence electrons. The zero-order chi connectivity index (χ0) is 17.1. The molecule has 0 spiro atoms. The number of amides is 2. The third-order valence-electron chi connectivity index (χ3n) is 3.46. The van der Waals surface area contributed by atoms with E-state index in [-0.39, 0.29) is 11.8 Å². The van der Waals surface area contributed by atoms with Gasteiger partial charge in [0.2, 0.25) is 0 Å². The van der Waals surface area contributed by atoms with Crippen molar-refractivity contribution in [2.75, 3.05) is 11.9 Å². The van der Waals surface area contributed by atoms with E-state index in [0.29, 0.717) is 34.8 Å². The second-order valence-corrected chi connectivity index (χ2v) is 5.24. The molecule has 3 aromatic rings. The van der Waals surface area contributed by atoms with E-state index in [2.05, 4.69) is 25.6 Å². The molecule has 2 N–H and O–H groups in total. The number of nitrogens with zero attached hydrogens (tertiary/aromatic N) is 3. The minimum absolute atomic E-state index is 0.336. The maximum atomic E-state index is 13.5. The maximum absolute atomic E-state index is 13.5. The van der Waals surface area contributed by atoms with Crippen LogP contribution in [0.5, 0.6) is 0 Å². The van der Waals surface area contributed by atoms with Gasteiger partial charge >= 0.3 is 6.03 Å². The molecular weight excluding hydrogens is 309 g/mol. The molecule has 1 aromatic carbocycles. The quantitative estimate of drug-likeness (QED) is 0.774. The molecule has 2 amide bonds. The Morgan fingerprint density at radius 2 is 2.04 bits per heavy atom. The SMILES string of the molecule is CCNC(=O)Nc1ccc2ncc(-c3cc(F)ccc3C)nc2n1. The topological polar surface area (TPSA) is 79.8 Å². The molecule has 0 bridgehead atoms. The Balaban J connectivity index is 2.00. The summed E-state index contributed by atoms with van der Waals surface area (Å²) in [5.41, 5.74) is 3.05. The van der Waals surface area contributed by atoms with Gasteiger partial charge in [0.05, 0.1) is 11.9 Å². The lowest BCUT2D eigenvalue weighted by Gasteiger charge is -2.08. The van der Waals surface area contributed by atoms with Gasteiger partial charge in [0.25, 0.3) is 0 Å². The number of hydrogen-bond acceptors (Lipinski definition) is 4. The lowest BCUT2D eigenvalue weighted by molar-refractivity contribution is 0.252. The molecule has 0 radical (unpaired) electrons. The molecule has 0 atom stereocenters. The maximum Gasteiger partial charge on any atom is 0.320 e. The molecule has 0 unspecified atom stereocenters. The number of carbonyl (C=O) groups excluding carboxylic acids is 1. The Morgan fingerprint density at radius 3 is 2.83 bits per heavy atom. The number of anilines is 1. The lowest BCUT2D eigenvalue weighted by atomic mass is 10.1. The summed E-state index contributed by atoms with van der Waals surface area (Å²) in [7, 11) is 0. The van der Waals surface area contributed by atoms with Gasteiger partial charge < -0.3 is 5.32 Å². The van der Waals surface area contributed by atoms with E-state index in [0.717, 1.165) is 5.56 Å². The van der Waals surface area contributed by atoms with Crippen LogP contribution in [0.15, 0.2) is 36.5 Å². The monoisotopic (exact) mass is 325 g/mol. The van der Waals surface area contributed by atoms with E-state index < -0.39 is 0 Å². The zero-order valence-corrected chi connectivity index (χ0v) is 13.3. The van der Waals surface area contributed by atoms with Gasteiger partial charge in [-0.25, -0.2) is 19.2 Å². The number of pyridine rings is 1. The summed E-state index contributed by atoms with van der Waals surface area (Å²) in [6.45, 7) is 4.22. The normalized spacial score (nSPS) is 10.6. The number of rotatable bonds is 3. The summed E-state index contributed by atoms with van der Waals surface area (Å²) in [6, 6.07) is 7.55. The molecule has 0 aliphatic heterocycles. The molecule has 0 aliphatic rings. The number of aryl methyl sites for hydroxylation is 1. The first-order chi connectivity index (χ1) is 11.6. The largest absolute Gasteiger partial charge is 0.338 e. The van der Waals surface area contributed by atoms with E-state index >= 15 is 0 Å². The summed E-state index contributed by atoms with van der Waals surface area (Å²) in [4.78, 5) is 24.6. The zero-order valence-electron chi connectivity index (χ0n) is 13.3. The molecule has 0 saturated heterocycles. The predicted molar refractivity (Wildman–Crippen MR) is 90.2 cm³/mol. The van der Waals surface area contributed by atoms with Crippen LogP contribution >= 0.6 is 0 Å². The number of carbonyl (C=O) groups is 1. The summed E-state index contributed by atoms with van der Waals surface area (Å²) >= 11 is 0. The number of urea groups is 1. The van der Waals surface area contributed by atoms with Gasteiger partial charge in [0.15, 0.2) is 5.65 Å². The highest BCUT2D eigenvalue weighted by atomic mass is 19.1. The first kappa shape index (κ1) is 15.8. The Hall–Kier alpha value is -3.09. The minimum atomic E-state index is -0.338. The van der Waals surface area contributed by atoms with Crippen LogP contribution in [0.3, 0.4) is 0 Å². The Kier molecular flexibility index (Phi) is 4.33. The van der Waals surface area contributed by atoms with Gasteiger partial charge in [0.1, 0.15) is 17.2 Å². The standard InChI is InChI=1S/C17H16FN5O/c1-3-19-17(24)23-15-7-6-13-16(22-15)21-14(9-20-13)12-8-11(18)5-4-10(12)2/h4-9H,3H2,1-2H3,(H2,19,21,22,23,24). The van der Waals surface area contributed by atoms with Gasteiger partial charge in [-0.3, -0.25) is 10.3 Å². The van der Waals surface area contributed by atoms with Crippen LogP contribution in [0.2, 0.25) is 0 Å². The molecule has 7 heteroatoms. The van der Waals surface area contributed by atoms with Crippen LogP contribution in [0.4, 0.5) is 15.0 Å². The third-order valence-corrected chi connectivity index (χ3v) is 3.46. The summed E-state index contributed by atoms with van der Waals surface area (Å²) in [6.07, 6.45) is 1.59. The smallest absolute Gasteiger partial charge is 0.320 e. The molecule has 6 nitrogen and oxygen atoms in total. The van der Waals surface area contributed by atoms with Gasteiger partial charge in [-0.05, 0) is 43.7 Å². The molecule has 0 saturated carbocycles. The average Bonchev–Trinajstić information content (AvgIpc) is 2.56. The third kappa shape index (κ3) is 3.29. The number of aromatic nitrogens is 3. The van der Waals surface area contributed by atoms with Crippen molar-refractivity contribution in [1.82, 2.24) is 20.3 Å². The molecular formula is C17H16FN5O. The van der Waals surface area contributed by atoms with Gasteiger partial charge in [-0.1, -0.05) is 6.07 Å². The number of fused-ring (bicyclic) bond motifs is 1. The molecule has 0 fully saturated rings. The van der Waals surface area contributed by atoms with E-state index in [4.69, 9.17) is 0 Å². The number of halogens is 1. The Labute approximate surface area is 138 Å². The van der Waals surface area contributed by atoms with Crippen molar-refractivity contribution in [2.24, 2.45) is 0 Å². The second-order valence-electron chi connectivity index (χ2n) is 5.24. The van der Waals surface area contributed by atoms with Crippen molar-refractivity contribution in [3.05, 3.63) is 47.9 Å². The van der Waals surface area contributed by atoms with Crippen molar-refractivity contribution < 1.29 is 9.18 Å². The predicted octanol–water partition coefficient (Wildman–Crippen LogP) is 3.28. The first-order valence-electron chi connectivity index (χ1n) is 7.52. The van der Waals surface area contributed by atoms with Crippen LogP contribution in [0.1, 0.15) is 12.5 Å². The van der Waals surface area contributed by atoms with Crippen LogP contribution in [0.25, 0.3) is 22.4 Å². The van der Waals surface area contributed by atoms with Crippen molar-refractivity contribution >= 4 is 23.0 Å². The van der Waals surface area contributed by atoms with Crippen molar-refractivity contribution in [3.8, 4) is 11.3 Å². The first-order valence-corrected chi connectivity index (χ1v) is 7.52. The fraction of sp³-hybridized carbons (Fsp3) is 0.176. The summed E-state index contributed by atoms with van der Waals surface area (Å²) in [5, 5.41) is 5.25. The highest BCUT2D eigenvalue weighted by molar-refractivity contribution is 5.89. The van der Waals surface area contributed by atoms with Gasteiger partial charge in [-0.15, -0.1) is 0 Å². The van der Waals surface area contributed by atoms with Crippen molar-refractivity contribution in [2.45, 2.75) is 13.8 Å². The fourth-order valence-electron chi connectivity index (χ4n) is 2.29. The lowest BCUT2D eigenvalue weighted by Crippen LogP contribution is -2.28. The van der Waals surface area contributed by atoms with E-state index in [9.17, 15) is 9.18 Å². The second kappa shape index (κ2) is 6.57. The van der Waals surface area contributed by atoms with Crippen molar-refractivity contribution in [1.29, 1.82) is 0 Å². The Bertz CT molecular complexity index is 913. The van der Waals surface area contributed by atoms with E-state index in [1.54, 1.807) is 24.4 Å². The minimum Gasteiger partial charge on any atom is -0.338 e. The number of nitrogens with one attached hydrogen (secondary N) is 2. The summed E-state index contributed by atoms with van der Waals surface area (Å²) in [5.74, 6) is 0.0352. The van der Waals surface area contributed by atoms with Crippen LogP contribution < -0.4 is 10.6 Å². The Morgan fingerprint density at radius 1 is 1.21 bits per heavy atom. The number of hydrogen-bond donors (Lipinski definition) is 2. The van der Waals surface area contributed by atoms with Crippen LogP contribution in [-0.2, 0) is 0 Å². The van der Waals surface area contributed by atoms with E-state index in [1.807, 2.05) is 13.8 Å². The fourth-order valence-corrected chi connectivity index (χ4v) is 2.29. The highest BCUT2D eigenvalue weighted by Gasteiger charge is 2.09. The van der Waals surface area contributed by atoms with E-state index in [1.165, 1.54) is 12.1 Å². The molecule has 24 heavy (non-hydrogen) atoms. The van der Waals surface area contributed by atoms with Gasteiger partial charge in [0, 0.05) is 12.1 Å². The van der Waals surface area contributed by atoms with Gasteiger partial charge in [-0.2, -0.15) is 0 Å². The van der Waals surface area contributed by atoms with Crippen molar-refractivity contribution in [3.63, 3.8) is 0 Å². The van der Waals surface area contributed by atoms with Crippen LogP contribution in [-0.4, -0.2) is 27.5 Å². The molecule has 2 heterocycles. The van der Waals surface area contributed by atoms with Crippen LogP contribution in [0, 0.1) is 12.7 Å². The molecule has 3 rings (SSSR count). The average molecular weight is 325 g/mol. The number of benzene rings is 1. The highest BCUT2D eigenvalue weighted by Crippen LogP contribution is 2.23. The molecule has 0 aliphatic carbocycles. The molecule has 2 aromatic heterocycles. The summed E-state index contributed by atoms with van der Waals surface area (Å²) < 4.78 is 13.5.